The monoisotopic (exact) mass is 332 g/mol. The van der Waals surface area contributed by atoms with Crippen LogP contribution >= 0.6 is 0 Å². The van der Waals surface area contributed by atoms with Crippen LogP contribution in [0.2, 0.25) is 0 Å². The Hall–Kier alpha value is -0.850. The maximum atomic E-state index is 12.6. The molecule has 0 aliphatic heterocycles. The molecule has 134 valence electrons. The SMILES string of the molecule is CCC1C(=O)[C@]2(CC)CC[C@H](O)[C@@H](C#C[C@@H](O)C3CCCCC3)[C@H]12. The normalized spacial score (nSPS) is 40.9. The fourth-order valence-corrected chi connectivity index (χ4v) is 5.66. The first kappa shape index (κ1) is 18.0. The Morgan fingerprint density at radius 2 is 1.92 bits per heavy atom. The van der Waals surface area contributed by atoms with Crippen molar-refractivity contribution in [2.75, 3.05) is 0 Å². The molecule has 3 fully saturated rings. The van der Waals surface area contributed by atoms with Gasteiger partial charge in [0.05, 0.1) is 12.0 Å². The molecule has 3 nitrogen and oxygen atoms in total. The third-order valence-electron chi connectivity index (χ3n) is 7.15. The zero-order chi connectivity index (χ0) is 17.3. The Balaban J connectivity index is 1.78. The second-order valence-corrected chi connectivity index (χ2v) is 8.18. The minimum atomic E-state index is -0.577. The van der Waals surface area contributed by atoms with E-state index in [4.69, 9.17) is 0 Å². The molecule has 24 heavy (non-hydrogen) atoms. The Morgan fingerprint density at radius 3 is 2.54 bits per heavy atom. The number of carbonyl (C=O) groups is 1. The van der Waals surface area contributed by atoms with Crippen LogP contribution in [0.3, 0.4) is 0 Å². The van der Waals surface area contributed by atoms with Crippen LogP contribution in [0.5, 0.6) is 0 Å². The molecule has 0 aromatic rings. The number of rotatable bonds is 3. The molecule has 0 heterocycles. The minimum Gasteiger partial charge on any atom is -0.392 e. The van der Waals surface area contributed by atoms with Crippen LogP contribution in [0.4, 0.5) is 0 Å². The molecule has 0 radical (unpaired) electrons. The van der Waals surface area contributed by atoms with Gasteiger partial charge in [-0.15, -0.1) is 0 Å². The lowest BCUT2D eigenvalue weighted by atomic mass is 9.43. The molecular formula is C21H32O3. The third kappa shape index (κ3) is 2.82. The molecule has 0 aromatic carbocycles. The molecule has 0 amide bonds. The maximum absolute atomic E-state index is 12.6. The van der Waals surface area contributed by atoms with E-state index in [0.717, 1.165) is 32.1 Å². The summed E-state index contributed by atoms with van der Waals surface area (Å²) in [5.41, 5.74) is -0.255. The fraction of sp³-hybridized carbons (Fsp3) is 0.857. The largest absolute Gasteiger partial charge is 0.392 e. The first-order valence-electron chi connectivity index (χ1n) is 9.96. The van der Waals surface area contributed by atoms with Crippen molar-refractivity contribution in [1.82, 2.24) is 0 Å². The van der Waals surface area contributed by atoms with Gasteiger partial charge in [0, 0.05) is 11.3 Å². The van der Waals surface area contributed by atoms with Gasteiger partial charge in [-0.25, -0.2) is 0 Å². The van der Waals surface area contributed by atoms with Crippen molar-refractivity contribution in [1.29, 1.82) is 0 Å². The summed E-state index contributed by atoms with van der Waals surface area (Å²) in [5.74, 6) is 7.06. The van der Waals surface area contributed by atoms with E-state index in [1.807, 2.05) is 0 Å². The number of hydrogen-bond donors (Lipinski definition) is 2. The molecule has 0 saturated heterocycles. The van der Waals surface area contributed by atoms with Crippen LogP contribution in [0.1, 0.15) is 71.6 Å². The average Bonchev–Trinajstić information content (AvgIpc) is 2.62. The fourth-order valence-electron chi connectivity index (χ4n) is 5.66. The Kier molecular flexibility index (Phi) is 5.37. The van der Waals surface area contributed by atoms with E-state index < -0.39 is 12.2 Å². The standard InChI is InChI=1S/C21H32O3/c1-3-15-19-16(10-11-17(22)14-8-6-5-7-9-14)18(23)12-13-21(19,4-2)20(15)24/h14-19,22-23H,3-9,12-13H2,1-2H3/t15?,16-,17-,18+,19+,21-/m1/s1. The molecule has 0 aromatic heterocycles. The van der Waals surface area contributed by atoms with Crippen molar-refractivity contribution in [2.45, 2.75) is 83.8 Å². The molecule has 6 atom stereocenters. The molecule has 3 heteroatoms. The molecule has 3 aliphatic rings. The van der Waals surface area contributed by atoms with Crippen LogP contribution in [-0.2, 0) is 4.79 Å². The lowest BCUT2D eigenvalue weighted by Crippen LogP contribution is -2.64. The van der Waals surface area contributed by atoms with Gasteiger partial charge in [0.2, 0.25) is 0 Å². The summed E-state index contributed by atoms with van der Waals surface area (Å²) in [6, 6.07) is 0. The topological polar surface area (TPSA) is 57.5 Å². The van der Waals surface area contributed by atoms with Crippen molar-refractivity contribution in [3.8, 4) is 11.8 Å². The van der Waals surface area contributed by atoms with Crippen LogP contribution in [0, 0.1) is 40.9 Å². The van der Waals surface area contributed by atoms with Crippen LogP contribution in [0.15, 0.2) is 0 Å². The van der Waals surface area contributed by atoms with E-state index in [2.05, 4.69) is 25.7 Å². The molecule has 3 rings (SSSR count). The van der Waals surface area contributed by atoms with Gasteiger partial charge in [0.15, 0.2) is 0 Å². The van der Waals surface area contributed by atoms with Crippen molar-refractivity contribution >= 4 is 5.78 Å². The highest BCUT2D eigenvalue weighted by molar-refractivity contribution is 5.94. The van der Waals surface area contributed by atoms with Crippen LogP contribution < -0.4 is 0 Å². The van der Waals surface area contributed by atoms with Gasteiger partial charge < -0.3 is 10.2 Å². The van der Waals surface area contributed by atoms with Gasteiger partial charge in [-0.1, -0.05) is 45.0 Å². The van der Waals surface area contributed by atoms with Crippen molar-refractivity contribution in [2.24, 2.45) is 29.1 Å². The predicted molar refractivity (Wildman–Crippen MR) is 94.1 cm³/mol. The molecule has 2 N–H and O–H groups in total. The quantitative estimate of drug-likeness (QED) is 0.780. The maximum Gasteiger partial charge on any atom is 0.142 e. The highest BCUT2D eigenvalue weighted by atomic mass is 16.3. The van der Waals surface area contributed by atoms with E-state index in [1.54, 1.807) is 0 Å². The molecular weight excluding hydrogens is 300 g/mol. The first-order chi connectivity index (χ1) is 11.5. The summed E-state index contributed by atoms with van der Waals surface area (Å²) in [6.45, 7) is 4.15. The summed E-state index contributed by atoms with van der Waals surface area (Å²) in [7, 11) is 0. The number of carbonyl (C=O) groups excluding carboxylic acids is 1. The second-order valence-electron chi connectivity index (χ2n) is 8.18. The first-order valence-corrected chi connectivity index (χ1v) is 9.96. The van der Waals surface area contributed by atoms with E-state index in [9.17, 15) is 15.0 Å². The second kappa shape index (κ2) is 7.18. The summed E-state index contributed by atoms with van der Waals surface area (Å²) in [6.07, 6.45) is 7.85. The molecule has 0 bridgehead atoms. The highest BCUT2D eigenvalue weighted by Crippen LogP contribution is 2.61. The van der Waals surface area contributed by atoms with Gasteiger partial charge in [-0.05, 0) is 50.4 Å². The van der Waals surface area contributed by atoms with Crippen molar-refractivity contribution < 1.29 is 15.0 Å². The third-order valence-corrected chi connectivity index (χ3v) is 7.15. The minimum absolute atomic E-state index is 0.0472. The van der Waals surface area contributed by atoms with E-state index in [0.29, 0.717) is 12.2 Å². The molecule has 3 aliphatic carbocycles. The lowest BCUT2D eigenvalue weighted by Gasteiger charge is -2.59. The number of hydrogen-bond acceptors (Lipinski definition) is 3. The van der Waals surface area contributed by atoms with E-state index >= 15 is 0 Å². The van der Waals surface area contributed by atoms with Crippen molar-refractivity contribution in [3.63, 3.8) is 0 Å². The van der Waals surface area contributed by atoms with Crippen LogP contribution in [0.25, 0.3) is 0 Å². The average molecular weight is 332 g/mol. The number of aliphatic hydroxyl groups excluding tert-OH is 2. The summed E-state index contributed by atoms with van der Waals surface area (Å²) in [5, 5.41) is 21.0. The summed E-state index contributed by atoms with van der Waals surface area (Å²) in [4.78, 5) is 12.6. The zero-order valence-corrected chi connectivity index (χ0v) is 15.1. The Morgan fingerprint density at radius 1 is 1.21 bits per heavy atom. The van der Waals surface area contributed by atoms with E-state index in [-0.39, 0.29) is 29.1 Å². The van der Waals surface area contributed by atoms with Gasteiger partial charge in [0.1, 0.15) is 11.9 Å². The number of ketones is 1. The van der Waals surface area contributed by atoms with Gasteiger partial charge in [-0.3, -0.25) is 4.79 Å². The number of Topliss-reactive ketones (excluding diaryl/α,β-unsaturated/α-hetero) is 1. The summed E-state index contributed by atoms with van der Waals surface area (Å²) < 4.78 is 0. The Bertz CT molecular complexity index is 525. The smallest absolute Gasteiger partial charge is 0.142 e. The number of fused-ring (bicyclic) bond motifs is 1. The zero-order valence-electron chi connectivity index (χ0n) is 15.1. The van der Waals surface area contributed by atoms with Gasteiger partial charge in [0.25, 0.3) is 0 Å². The highest BCUT2D eigenvalue weighted by Gasteiger charge is 2.64. The van der Waals surface area contributed by atoms with Crippen LogP contribution in [-0.4, -0.2) is 28.2 Å². The van der Waals surface area contributed by atoms with E-state index in [1.165, 1.54) is 19.3 Å². The summed E-state index contributed by atoms with van der Waals surface area (Å²) >= 11 is 0. The van der Waals surface area contributed by atoms with Crippen molar-refractivity contribution in [3.05, 3.63) is 0 Å². The predicted octanol–water partition coefficient (Wildman–Crippen LogP) is 3.32. The Labute approximate surface area is 146 Å². The molecule has 1 unspecified atom stereocenters. The molecule has 3 saturated carbocycles. The molecule has 0 spiro atoms. The number of aliphatic hydroxyl groups is 2. The van der Waals surface area contributed by atoms with Gasteiger partial charge >= 0.3 is 0 Å². The lowest BCUT2D eigenvalue weighted by molar-refractivity contribution is -0.176. The van der Waals surface area contributed by atoms with Gasteiger partial charge in [-0.2, -0.15) is 0 Å².